The Labute approximate surface area is 149 Å². The number of ether oxygens (including phenoxy) is 2. The Kier molecular flexibility index (Phi) is 5.21. The van der Waals surface area contributed by atoms with Gasteiger partial charge in [0.05, 0.1) is 13.2 Å². The molecule has 0 aliphatic carbocycles. The van der Waals surface area contributed by atoms with Crippen molar-refractivity contribution in [1.82, 2.24) is 4.90 Å². The zero-order valence-electron chi connectivity index (χ0n) is 15.1. The molecule has 132 valence electrons. The summed E-state index contributed by atoms with van der Waals surface area (Å²) < 4.78 is 11.1. The minimum Gasteiger partial charge on any atom is -0.378 e. The van der Waals surface area contributed by atoms with Crippen molar-refractivity contribution in [2.45, 2.75) is 19.4 Å². The molecule has 0 saturated carbocycles. The molecule has 0 atom stereocenters. The van der Waals surface area contributed by atoms with Crippen LogP contribution in [0.5, 0.6) is 0 Å². The van der Waals surface area contributed by atoms with Crippen LogP contribution in [0.15, 0.2) is 54.2 Å². The van der Waals surface area contributed by atoms with Gasteiger partial charge in [0, 0.05) is 37.5 Å². The minimum atomic E-state index is -0.544. The summed E-state index contributed by atoms with van der Waals surface area (Å²) >= 11 is 0. The van der Waals surface area contributed by atoms with Crippen LogP contribution in [0.1, 0.15) is 24.2 Å². The number of morpholine rings is 1. The molecular formula is C21H25NO3. The van der Waals surface area contributed by atoms with Crippen molar-refractivity contribution in [2.75, 3.05) is 33.4 Å². The van der Waals surface area contributed by atoms with Crippen molar-refractivity contribution in [3.05, 3.63) is 59.8 Å². The van der Waals surface area contributed by atoms with Gasteiger partial charge in [-0.25, -0.2) is 0 Å². The molecule has 3 rings (SSSR count). The monoisotopic (exact) mass is 339 g/mol. The van der Waals surface area contributed by atoms with Gasteiger partial charge in [-0.15, -0.1) is 0 Å². The average molecular weight is 339 g/mol. The average Bonchev–Trinajstić information content (AvgIpc) is 2.66. The summed E-state index contributed by atoms with van der Waals surface area (Å²) in [7, 11) is 1.68. The van der Waals surface area contributed by atoms with Crippen molar-refractivity contribution >= 4 is 16.6 Å². The third-order valence-electron chi connectivity index (χ3n) is 4.80. The molecule has 4 heteroatoms. The van der Waals surface area contributed by atoms with Crippen LogP contribution in [-0.4, -0.2) is 49.7 Å². The lowest BCUT2D eigenvalue weighted by Crippen LogP contribution is -2.43. The van der Waals surface area contributed by atoms with E-state index in [9.17, 15) is 4.79 Å². The Morgan fingerprint density at radius 2 is 1.80 bits per heavy atom. The smallest absolute Gasteiger partial charge is 0.188 e. The van der Waals surface area contributed by atoms with E-state index in [0.717, 1.165) is 35.1 Å². The number of methoxy groups -OCH3 is 1. The third-order valence-corrected chi connectivity index (χ3v) is 4.80. The first-order valence-electron chi connectivity index (χ1n) is 8.65. The molecule has 1 saturated heterocycles. The lowest BCUT2D eigenvalue weighted by Gasteiger charge is -2.38. The molecule has 2 aromatic carbocycles. The van der Waals surface area contributed by atoms with Crippen molar-refractivity contribution in [1.29, 1.82) is 0 Å². The summed E-state index contributed by atoms with van der Waals surface area (Å²) in [6.45, 7) is 6.84. The molecule has 1 heterocycles. The first-order chi connectivity index (χ1) is 12.0. The summed E-state index contributed by atoms with van der Waals surface area (Å²) in [6.07, 6.45) is 1.73. The summed E-state index contributed by atoms with van der Waals surface area (Å²) in [6, 6.07) is 13.8. The highest BCUT2D eigenvalue weighted by molar-refractivity contribution is 6.13. The first-order valence-corrected chi connectivity index (χ1v) is 8.65. The maximum absolute atomic E-state index is 13.1. The number of nitrogens with zero attached hydrogens (tertiary/aromatic N) is 1. The highest BCUT2D eigenvalue weighted by Crippen LogP contribution is 2.26. The fraction of sp³-hybridized carbons (Fsp3) is 0.381. The van der Waals surface area contributed by atoms with E-state index in [4.69, 9.17) is 9.47 Å². The Morgan fingerprint density at radius 3 is 2.52 bits per heavy atom. The quantitative estimate of drug-likeness (QED) is 0.615. The molecule has 0 spiro atoms. The third kappa shape index (κ3) is 3.75. The minimum absolute atomic E-state index is 0.00316. The zero-order valence-corrected chi connectivity index (χ0v) is 15.1. The van der Waals surface area contributed by atoms with E-state index in [1.54, 1.807) is 13.2 Å². The van der Waals surface area contributed by atoms with Crippen molar-refractivity contribution in [3.8, 4) is 0 Å². The number of carbonyl (C=O) groups is 1. The highest BCUT2D eigenvalue weighted by atomic mass is 16.5. The molecule has 0 N–H and O–H groups in total. The number of allylic oxidation sites excluding steroid dienone is 1. The summed E-state index contributed by atoms with van der Waals surface area (Å²) in [5.41, 5.74) is 1.07. The Hall–Kier alpha value is -2.17. The molecular weight excluding hydrogens is 314 g/mol. The van der Waals surface area contributed by atoms with E-state index in [0.29, 0.717) is 13.2 Å². The lowest BCUT2D eigenvalue weighted by atomic mass is 9.97. The van der Waals surface area contributed by atoms with Crippen LogP contribution >= 0.6 is 0 Å². The molecule has 0 bridgehead atoms. The largest absolute Gasteiger partial charge is 0.378 e. The van der Waals surface area contributed by atoms with Crippen LogP contribution in [0, 0.1) is 0 Å². The molecule has 2 aromatic rings. The fourth-order valence-corrected chi connectivity index (χ4v) is 3.20. The van der Waals surface area contributed by atoms with Crippen LogP contribution in [0.25, 0.3) is 10.8 Å². The topological polar surface area (TPSA) is 38.8 Å². The normalized spacial score (nSPS) is 16.3. The van der Waals surface area contributed by atoms with Gasteiger partial charge in [0.2, 0.25) is 0 Å². The van der Waals surface area contributed by atoms with Crippen molar-refractivity contribution < 1.29 is 14.3 Å². The number of ketones is 1. The lowest BCUT2D eigenvalue weighted by molar-refractivity contribution is -0.00182. The molecule has 0 radical (unpaired) electrons. The first kappa shape index (κ1) is 17.6. The molecule has 1 aliphatic heterocycles. The number of rotatable bonds is 5. The van der Waals surface area contributed by atoms with Crippen LogP contribution in [-0.2, 0) is 9.47 Å². The molecule has 0 amide bonds. The second-order valence-corrected chi connectivity index (χ2v) is 6.73. The van der Waals surface area contributed by atoms with Crippen molar-refractivity contribution in [3.63, 3.8) is 0 Å². The molecule has 0 aromatic heterocycles. The van der Waals surface area contributed by atoms with E-state index >= 15 is 0 Å². The van der Waals surface area contributed by atoms with Gasteiger partial charge in [-0.3, -0.25) is 4.79 Å². The summed E-state index contributed by atoms with van der Waals surface area (Å²) in [5, 5.41) is 2.04. The van der Waals surface area contributed by atoms with Crippen LogP contribution < -0.4 is 0 Å². The predicted molar refractivity (Wildman–Crippen MR) is 99.8 cm³/mol. The van der Waals surface area contributed by atoms with Gasteiger partial charge in [-0.2, -0.15) is 0 Å². The number of hydrogen-bond donors (Lipinski definition) is 0. The number of carbonyl (C=O) groups excluding carboxylic acids is 1. The van der Waals surface area contributed by atoms with Crippen LogP contribution in [0.4, 0.5) is 0 Å². The second-order valence-electron chi connectivity index (χ2n) is 6.73. The van der Waals surface area contributed by atoms with E-state index < -0.39 is 5.60 Å². The number of fused-ring (bicyclic) bond motifs is 1. The van der Waals surface area contributed by atoms with Gasteiger partial charge < -0.3 is 14.4 Å². The van der Waals surface area contributed by atoms with Gasteiger partial charge in [0.15, 0.2) is 5.78 Å². The zero-order chi connectivity index (χ0) is 17.9. The standard InChI is InChI=1S/C21H25NO3/c1-21(2,24-3)20(22-11-13-25-14-12-22)15-19(23)18-10-6-8-16-7-4-5-9-17(16)18/h4-10,15H,11-14H2,1-3H3. The van der Waals surface area contributed by atoms with Gasteiger partial charge >= 0.3 is 0 Å². The molecule has 1 aliphatic rings. The van der Waals surface area contributed by atoms with Gasteiger partial charge in [-0.05, 0) is 24.6 Å². The Bertz CT molecular complexity index is 783. The fourth-order valence-electron chi connectivity index (χ4n) is 3.20. The van der Waals surface area contributed by atoms with Gasteiger partial charge in [-0.1, -0.05) is 42.5 Å². The van der Waals surface area contributed by atoms with E-state index in [2.05, 4.69) is 4.90 Å². The van der Waals surface area contributed by atoms with E-state index in [-0.39, 0.29) is 5.78 Å². The van der Waals surface area contributed by atoms with E-state index in [1.807, 2.05) is 56.3 Å². The molecule has 1 fully saturated rings. The summed E-state index contributed by atoms with van der Waals surface area (Å²) in [5.74, 6) is 0.00316. The molecule has 25 heavy (non-hydrogen) atoms. The molecule has 4 nitrogen and oxygen atoms in total. The van der Waals surface area contributed by atoms with E-state index in [1.165, 1.54) is 0 Å². The Morgan fingerprint density at radius 1 is 1.12 bits per heavy atom. The Balaban J connectivity index is 2.02. The maximum atomic E-state index is 13.1. The number of hydrogen-bond acceptors (Lipinski definition) is 4. The van der Waals surface area contributed by atoms with Crippen molar-refractivity contribution in [2.24, 2.45) is 0 Å². The number of benzene rings is 2. The predicted octanol–water partition coefficient (Wildman–Crippen LogP) is 3.66. The molecule has 0 unspecified atom stereocenters. The van der Waals surface area contributed by atoms with Gasteiger partial charge in [0.1, 0.15) is 5.60 Å². The SMILES string of the molecule is COC(C)(C)C(=CC(=O)c1cccc2ccccc12)N1CCOCC1. The second kappa shape index (κ2) is 7.38. The van der Waals surface area contributed by atoms with Crippen LogP contribution in [0.2, 0.25) is 0 Å². The van der Waals surface area contributed by atoms with Gasteiger partial charge in [0.25, 0.3) is 0 Å². The van der Waals surface area contributed by atoms with Crippen LogP contribution in [0.3, 0.4) is 0 Å². The maximum Gasteiger partial charge on any atom is 0.188 e. The highest BCUT2D eigenvalue weighted by Gasteiger charge is 2.29. The summed E-state index contributed by atoms with van der Waals surface area (Å²) in [4.78, 5) is 15.3.